The summed E-state index contributed by atoms with van der Waals surface area (Å²) in [7, 11) is 6.47. The van der Waals surface area contributed by atoms with Crippen LogP contribution in [-0.4, -0.2) is 78.1 Å². The fourth-order valence-electron chi connectivity index (χ4n) is 9.13. The second-order valence-corrected chi connectivity index (χ2v) is 42.2. The molecule has 12 rings (SSSR count). The third kappa shape index (κ3) is 24.1. The summed E-state index contributed by atoms with van der Waals surface area (Å²) in [4.78, 5) is 77.4. The predicted octanol–water partition coefficient (Wildman–Crippen LogP) is 16.4. The molecule has 0 spiro atoms. The van der Waals surface area contributed by atoms with Crippen molar-refractivity contribution >= 4 is 257 Å². The van der Waals surface area contributed by atoms with E-state index < -0.39 is 5.97 Å². The van der Waals surface area contributed by atoms with Crippen molar-refractivity contribution in [3.63, 3.8) is 0 Å². The number of hydrogen-bond acceptors (Lipinski definition) is 20. The molecule has 0 unspecified atom stereocenters. The molecule has 92 heavy (non-hydrogen) atoms. The number of methoxy groups -OCH3 is 4. The van der Waals surface area contributed by atoms with Crippen LogP contribution in [0.1, 0.15) is 98.8 Å². The first-order valence-electron chi connectivity index (χ1n) is 27.9. The van der Waals surface area contributed by atoms with Gasteiger partial charge in [0, 0.05) is 66.8 Å². The minimum absolute atomic E-state index is 0. The van der Waals surface area contributed by atoms with E-state index in [1.807, 2.05) is 66.7 Å². The maximum Gasteiger partial charge on any atom is 0.306 e. The third-order valence-electron chi connectivity index (χ3n) is 13.8. The minimum Gasteiger partial charge on any atom is -0.481 e. The number of hydrogen-bond donors (Lipinski definition) is 7. The molecule has 2 fully saturated rings. The number of nitrogens with zero attached hydrogens (tertiary/aromatic N) is 3. The summed E-state index contributed by atoms with van der Waals surface area (Å²) in [6.45, 7) is 0.676. The van der Waals surface area contributed by atoms with E-state index in [-0.39, 0.29) is 59.4 Å². The zero-order chi connectivity index (χ0) is 65.2. The Morgan fingerprint density at radius 3 is 1.18 bits per heavy atom. The quantitative estimate of drug-likeness (QED) is 0.0443. The summed E-state index contributed by atoms with van der Waals surface area (Å²) < 4.78 is 23.3. The maximum absolute atomic E-state index is 12.5. The number of aromatic nitrogens is 3. The second kappa shape index (κ2) is 40.7. The van der Waals surface area contributed by atoms with Gasteiger partial charge in [-0.1, -0.05) is 84.7 Å². The summed E-state index contributed by atoms with van der Waals surface area (Å²) in [6, 6.07) is 35.0. The van der Waals surface area contributed by atoms with E-state index in [0.29, 0.717) is 50.4 Å². The number of carboxylic acids is 1. The number of benzene rings is 4. The average Bonchev–Trinajstić information content (AvgIpc) is 1.72. The fraction of sp³-hybridized carbons (Fsp3) is 0.279. The number of nitrogens with one attached hydrogen (secondary N) is 5. The molecule has 19 nitrogen and oxygen atoms in total. The van der Waals surface area contributed by atoms with Crippen molar-refractivity contribution in [2.75, 3.05) is 60.8 Å². The van der Waals surface area contributed by atoms with E-state index in [2.05, 4.69) is 116 Å². The summed E-state index contributed by atoms with van der Waals surface area (Å²) in [5.74, 6) is 2.15. The molecule has 10 aromatic rings. The smallest absolute Gasteiger partial charge is 0.306 e. The van der Waals surface area contributed by atoms with Gasteiger partial charge in [0.05, 0.1) is 63.1 Å². The van der Waals surface area contributed by atoms with Crippen LogP contribution in [0.4, 0.5) is 32.5 Å². The number of ether oxygens (including phenoxy) is 4. The van der Waals surface area contributed by atoms with Gasteiger partial charge in [-0.3, -0.25) is 24.0 Å². The Kier molecular flexibility index (Phi) is 34.1. The molecule has 0 radical (unpaired) electrons. The van der Waals surface area contributed by atoms with Gasteiger partial charge in [0.1, 0.15) is 37.5 Å². The van der Waals surface area contributed by atoms with Gasteiger partial charge in [-0.25, -0.2) is 15.0 Å². The van der Waals surface area contributed by atoms with Gasteiger partial charge in [0.25, 0.3) is 17.7 Å². The standard InChI is InChI=1S/C21H19N3O3S2.C20H21N3O3S2.C13H11N3O2S2.C7H12O2.I3.I2.HI/c1-26-15-7-3-13(4-8-15)12-22-21-24-20-18(29-21)11-17(28-20)19(25)23-14-5-9-16(27-2)10-6-14;1-26-14-9-7-13(8-10-14)21-18(25)15-11-16-19(27-15)23-20(28-16)22-17(24)12-5-3-2-4-6-12;1-18-8-4-2-7(3-5-8)15-11(17)9-6-10-12(19-9)16-13(14)20-10;8-7(9)6-4-2-1-3-5-6;1-3-2;1-2;/h3-11H,12H2,1-2H3,(H,22,24)(H,23,25);7-12H,2-6H2,1H3,(H,21,25)(H,22,23,24);2-6H,1H3,(H2,14,16)(H,15,17);6H,1-5H2,(H,8,9);;;1H/q;;;;-1;;. The van der Waals surface area contributed by atoms with Crippen molar-refractivity contribution in [3.8, 4) is 23.0 Å². The largest absolute Gasteiger partial charge is 0.481 e. The van der Waals surface area contributed by atoms with Gasteiger partial charge in [-0.2, -0.15) is 0 Å². The van der Waals surface area contributed by atoms with Crippen LogP contribution in [0, 0.1) is 11.8 Å². The second-order valence-electron chi connectivity index (χ2n) is 19.7. The molecule has 8 N–H and O–H groups in total. The molecule has 6 heterocycles. The van der Waals surface area contributed by atoms with Crippen LogP contribution in [0.5, 0.6) is 23.0 Å². The summed E-state index contributed by atoms with van der Waals surface area (Å²) in [5.41, 5.74) is 8.91. The molecule has 0 bridgehead atoms. The van der Waals surface area contributed by atoms with Crippen LogP contribution in [0.3, 0.4) is 0 Å². The number of nitrogens with two attached hydrogens (primary N) is 1. The number of rotatable bonds is 16. The molecule has 31 heteroatoms. The molecule has 2 saturated carbocycles. The first-order chi connectivity index (χ1) is 44.1. The molecular formula is C61H64I6N9O10S6-. The van der Waals surface area contributed by atoms with Gasteiger partial charge < -0.3 is 56.4 Å². The molecule has 492 valence electrons. The first-order valence-corrected chi connectivity index (χ1v) is 51.6. The Labute approximate surface area is 626 Å². The molecule has 2 aliphatic rings. The van der Waals surface area contributed by atoms with Crippen molar-refractivity contribution in [2.45, 2.75) is 70.8 Å². The van der Waals surface area contributed by atoms with E-state index in [0.717, 1.165) is 125 Å². The van der Waals surface area contributed by atoms with E-state index in [4.69, 9.17) is 29.8 Å². The van der Waals surface area contributed by atoms with Crippen molar-refractivity contribution in [1.29, 1.82) is 0 Å². The number of nitrogen functional groups attached to an aromatic ring is 1. The SMILES string of the molecule is COc1ccc(CNc2nc3sc(C(=O)Nc4ccc(OC)cc4)cc3s2)cc1.COc1ccc(NC(=O)c2cc3sc(N)nc3s2)cc1.COc1ccc(NC(=O)c2cc3sc(NC(=O)C4CCCCC4)nc3s2)cc1.I.II.I[I-]I.O=C(O)C1CCCCC1. The van der Waals surface area contributed by atoms with Gasteiger partial charge in [0.2, 0.25) is 5.91 Å². The predicted molar refractivity (Wildman–Crippen MR) is 421 cm³/mol. The van der Waals surface area contributed by atoms with Crippen LogP contribution in [0.25, 0.3) is 28.6 Å². The van der Waals surface area contributed by atoms with Gasteiger partial charge in [-0.05, 0) is 134 Å². The Morgan fingerprint density at radius 1 is 0.500 bits per heavy atom. The molecule has 0 atom stereocenters. The number of thiophene rings is 3. The fourth-order valence-corrected chi connectivity index (χ4v) is 15.0. The number of aliphatic carboxylic acids is 1. The zero-order valence-electron chi connectivity index (χ0n) is 49.7. The zero-order valence-corrected chi connectivity index (χ0v) is 67.7. The van der Waals surface area contributed by atoms with Crippen LogP contribution < -0.4 is 64.5 Å². The molecule has 0 saturated heterocycles. The van der Waals surface area contributed by atoms with Crippen LogP contribution in [-0.2, 0) is 16.1 Å². The van der Waals surface area contributed by atoms with Gasteiger partial charge in [-0.15, -0.1) is 58.0 Å². The summed E-state index contributed by atoms with van der Waals surface area (Å²) in [6.07, 6.45) is 10.6. The Balaban J connectivity index is 0.000000200. The summed E-state index contributed by atoms with van der Waals surface area (Å²) >= 11 is 17.9. The first kappa shape index (κ1) is 77.2. The number of amides is 4. The van der Waals surface area contributed by atoms with E-state index in [1.165, 1.54) is 69.5 Å². The molecule has 4 aromatic carbocycles. The minimum atomic E-state index is -0.602. The Hall–Kier alpha value is -3.82. The van der Waals surface area contributed by atoms with Gasteiger partial charge >= 0.3 is 56.5 Å². The number of fused-ring (bicyclic) bond motifs is 3. The molecule has 0 aliphatic heterocycles. The van der Waals surface area contributed by atoms with E-state index in [9.17, 15) is 24.0 Å². The molecule has 4 amide bonds. The van der Waals surface area contributed by atoms with Crippen molar-refractivity contribution in [3.05, 3.63) is 135 Å². The number of carbonyl (C=O) groups is 5. The van der Waals surface area contributed by atoms with E-state index in [1.54, 1.807) is 88.3 Å². The summed E-state index contributed by atoms with van der Waals surface area (Å²) in [5, 5.41) is 25.4. The third-order valence-corrected chi connectivity index (χ3v) is 19.9. The van der Waals surface area contributed by atoms with E-state index >= 15 is 0 Å². The monoisotopic (exact) mass is 2040 g/mol. The average molecular weight is 2040 g/mol. The maximum atomic E-state index is 12.5. The van der Waals surface area contributed by atoms with Gasteiger partial charge in [0.15, 0.2) is 15.4 Å². The molecule has 2 aliphatic carbocycles. The normalized spacial score (nSPS) is 12.6. The Morgan fingerprint density at radius 2 is 0.837 bits per heavy atom. The van der Waals surface area contributed by atoms with Crippen LogP contribution in [0.2, 0.25) is 0 Å². The number of carboxylic acid groups (broad SMARTS) is 1. The van der Waals surface area contributed by atoms with Crippen LogP contribution >= 0.6 is 166 Å². The Bertz CT molecular complexity index is 3840. The number of halogens is 6. The topological polar surface area (TPSA) is 267 Å². The number of carbonyl (C=O) groups excluding carboxylic acids is 4. The number of thiazole rings is 3. The molecular weight excluding hydrogens is 1970 g/mol. The van der Waals surface area contributed by atoms with Crippen molar-refractivity contribution < 1.29 is 61.3 Å². The van der Waals surface area contributed by atoms with Crippen molar-refractivity contribution in [2.24, 2.45) is 11.8 Å². The van der Waals surface area contributed by atoms with Crippen LogP contribution in [0.15, 0.2) is 115 Å². The molecule has 6 aromatic heterocycles. The number of anilines is 6. The van der Waals surface area contributed by atoms with Crippen molar-refractivity contribution in [1.82, 2.24) is 15.0 Å².